The van der Waals surface area contributed by atoms with E-state index in [2.05, 4.69) is 0 Å². The van der Waals surface area contributed by atoms with Crippen molar-refractivity contribution in [2.24, 2.45) is 5.14 Å². The number of hydrogen-bond acceptors (Lipinski definition) is 2. The van der Waals surface area contributed by atoms with Gasteiger partial charge in [-0.1, -0.05) is 41.9 Å². The molecular weight excluding hydrogens is 308 g/mol. The van der Waals surface area contributed by atoms with Crippen molar-refractivity contribution in [3.8, 4) is 0 Å². The molecule has 6 heteroatoms. The van der Waals surface area contributed by atoms with Gasteiger partial charge in [0, 0.05) is 28.7 Å². The van der Waals surface area contributed by atoms with E-state index in [9.17, 15) is 8.42 Å². The Labute approximate surface area is 127 Å². The van der Waals surface area contributed by atoms with E-state index in [-0.39, 0.29) is 4.90 Å². The molecule has 0 fully saturated rings. The summed E-state index contributed by atoms with van der Waals surface area (Å²) in [5.74, 6) is 0. The maximum atomic E-state index is 11.7. The molecule has 0 aliphatic carbocycles. The van der Waals surface area contributed by atoms with E-state index in [1.807, 2.05) is 41.0 Å². The zero-order chi connectivity index (χ0) is 15.0. The van der Waals surface area contributed by atoms with E-state index in [1.54, 1.807) is 18.3 Å². The number of nitrogens with zero attached hydrogens (tertiary/aromatic N) is 1. The average Bonchev–Trinajstić information content (AvgIpc) is 2.81. The van der Waals surface area contributed by atoms with Gasteiger partial charge >= 0.3 is 0 Å². The fraction of sp³-hybridized carbons (Fsp3) is 0.0667. The monoisotopic (exact) mass is 320 g/mol. The highest BCUT2D eigenvalue weighted by molar-refractivity contribution is 7.89. The summed E-state index contributed by atoms with van der Waals surface area (Å²) in [6.45, 7) is 0.549. The minimum atomic E-state index is -3.75. The van der Waals surface area contributed by atoms with Gasteiger partial charge in [0.2, 0.25) is 10.0 Å². The van der Waals surface area contributed by atoms with Gasteiger partial charge in [0.25, 0.3) is 0 Å². The highest BCUT2D eigenvalue weighted by Gasteiger charge is 2.16. The molecule has 0 aliphatic rings. The van der Waals surface area contributed by atoms with Crippen LogP contribution in [0, 0.1) is 0 Å². The van der Waals surface area contributed by atoms with Crippen molar-refractivity contribution in [2.45, 2.75) is 11.4 Å². The van der Waals surface area contributed by atoms with Crippen LogP contribution in [0.25, 0.3) is 10.9 Å². The van der Waals surface area contributed by atoms with Crippen molar-refractivity contribution in [3.05, 3.63) is 65.3 Å². The van der Waals surface area contributed by atoms with Gasteiger partial charge in [-0.25, -0.2) is 13.6 Å². The second kappa shape index (κ2) is 5.18. The van der Waals surface area contributed by atoms with Crippen LogP contribution in [0.1, 0.15) is 5.56 Å². The fourth-order valence-electron chi connectivity index (χ4n) is 2.36. The molecule has 0 aliphatic heterocycles. The molecule has 1 aromatic heterocycles. The summed E-state index contributed by atoms with van der Waals surface area (Å²) in [5, 5.41) is 6.59. The summed E-state index contributed by atoms with van der Waals surface area (Å²) >= 11 is 5.87. The van der Waals surface area contributed by atoms with Gasteiger partial charge in [-0.15, -0.1) is 0 Å². The molecule has 21 heavy (non-hydrogen) atoms. The lowest BCUT2D eigenvalue weighted by molar-refractivity contribution is 0.598. The Morgan fingerprint density at radius 3 is 2.38 bits per heavy atom. The Morgan fingerprint density at radius 2 is 1.71 bits per heavy atom. The smallest absolute Gasteiger partial charge is 0.240 e. The van der Waals surface area contributed by atoms with Crippen LogP contribution in [0.3, 0.4) is 0 Å². The highest BCUT2D eigenvalue weighted by atomic mass is 35.5. The maximum Gasteiger partial charge on any atom is 0.240 e. The molecular formula is C15H13ClN2O2S. The number of benzene rings is 2. The topological polar surface area (TPSA) is 65.1 Å². The number of aromatic nitrogens is 1. The van der Waals surface area contributed by atoms with E-state index in [1.165, 1.54) is 0 Å². The number of primary sulfonamides is 1. The molecule has 3 aromatic rings. The number of para-hydroxylation sites is 1. The normalized spacial score (nSPS) is 11.9. The summed E-state index contributed by atoms with van der Waals surface area (Å²) in [6, 6.07) is 14.7. The van der Waals surface area contributed by atoms with E-state index >= 15 is 0 Å². The van der Waals surface area contributed by atoms with Crippen LogP contribution in [0.2, 0.25) is 5.02 Å². The average molecular weight is 321 g/mol. The van der Waals surface area contributed by atoms with Gasteiger partial charge in [-0.3, -0.25) is 0 Å². The van der Waals surface area contributed by atoms with Crippen LogP contribution < -0.4 is 5.14 Å². The molecule has 4 nitrogen and oxygen atoms in total. The number of hydrogen-bond donors (Lipinski definition) is 1. The first-order valence-corrected chi connectivity index (χ1v) is 8.23. The number of fused-ring (bicyclic) bond motifs is 1. The zero-order valence-electron chi connectivity index (χ0n) is 11.0. The Bertz CT molecular complexity index is 899. The Balaban J connectivity index is 2.13. The predicted molar refractivity (Wildman–Crippen MR) is 83.9 cm³/mol. The Kier molecular flexibility index (Phi) is 3.49. The standard InChI is InChI=1S/C15H13ClN2O2S/c16-12-7-5-11(6-8-12)9-18-10-15(21(17,19)20)13-3-1-2-4-14(13)18/h1-8,10H,9H2,(H2,17,19,20). The van der Waals surface area contributed by atoms with Crippen LogP contribution >= 0.6 is 11.6 Å². The van der Waals surface area contributed by atoms with Crippen molar-refractivity contribution >= 4 is 32.5 Å². The number of sulfonamides is 1. The van der Waals surface area contributed by atoms with Crippen LogP contribution in [0.15, 0.2) is 59.6 Å². The summed E-state index contributed by atoms with van der Waals surface area (Å²) in [4.78, 5) is 0.145. The number of rotatable bonds is 3. The molecule has 0 atom stereocenters. The van der Waals surface area contributed by atoms with Crippen LogP contribution in [0.4, 0.5) is 0 Å². The van der Waals surface area contributed by atoms with Crippen molar-refractivity contribution in [2.75, 3.05) is 0 Å². The van der Waals surface area contributed by atoms with E-state index in [0.717, 1.165) is 11.1 Å². The first kappa shape index (κ1) is 14.1. The van der Waals surface area contributed by atoms with Crippen molar-refractivity contribution in [3.63, 3.8) is 0 Å². The van der Waals surface area contributed by atoms with Gasteiger partial charge in [0.05, 0.1) is 0 Å². The second-order valence-corrected chi connectivity index (χ2v) is 6.78. The lowest BCUT2D eigenvalue weighted by Crippen LogP contribution is -2.11. The third-order valence-corrected chi connectivity index (χ3v) is 4.52. The lowest BCUT2D eigenvalue weighted by atomic mass is 10.2. The third kappa shape index (κ3) is 2.81. The summed E-state index contributed by atoms with van der Waals surface area (Å²) in [7, 11) is -3.75. The number of halogens is 1. The molecule has 2 aromatic carbocycles. The molecule has 0 spiro atoms. The van der Waals surface area contributed by atoms with Crippen LogP contribution in [-0.4, -0.2) is 13.0 Å². The van der Waals surface area contributed by atoms with E-state index in [4.69, 9.17) is 16.7 Å². The Hall–Kier alpha value is -1.82. The quantitative estimate of drug-likeness (QED) is 0.806. The van der Waals surface area contributed by atoms with Gasteiger partial charge in [-0.2, -0.15) is 0 Å². The molecule has 2 N–H and O–H groups in total. The molecule has 0 unspecified atom stereocenters. The van der Waals surface area contributed by atoms with Crippen molar-refractivity contribution < 1.29 is 8.42 Å². The SMILES string of the molecule is NS(=O)(=O)c1cn(Cc2ccc(Cl)cc2)c2ccccc12. The first-order chi connectivity index (χ1) is 9.95. The molecule has 0 saturated carbocycles. The largest absolute Gasteiger partial charge is 0.342 e. The van der Waals surface area contributed by atoms with Crippen molar-refractivity contribution in [1.29, 1.82) is 0 Å². The molecule has 0 amide bonds. The summed E-state index contributed by atoms with van der Waals surface area (Å²) < 4.78 is 25.3. The highest BCUT2D eigenvalue weighted by Crippen LogP contribution is 2.25. The van der Waals surface area contributed by atoms with Gasteiger partial charge < -0.3 is 4.57 Å². The molecule has 108 valence electrons. The van der Waals surface area contributed by atoms with Gasteiger partial charge in [-0.05, 0) is 23.8 Å². The minimum Gasteiger partial charge on any atom is -0.342 e. The second-order valence-electron chi connectivity index (χ2n) is 4.81. The first-order valence-electron chi connectivity index (χ1n) is 6.30. The molecule has 0 saturated heterocycles. The number of nitrogens with two attached hydrogens (primary N) is 1. The van der Waals surface area contributed by atoms with Crippen LogP contribution in [-0.2, 0) is 16.6 Å². The van der Waals surface area contributed by atoms with E-state index in [0.29, 0.717) is 17.0 Å². The molecule has 0 bridgehead atoms. The van der Waals surface area contributed by atoms with Gasteiger partial charge in [0.1, 0.15) is 4.90 Å². The van der Waals surface area contributed by atoms with Crippen molar-refractivity contribution in [1.82, 2.24) is 4.57 Å². The zero-order valence-corrected chi connectivity index (χ0v) is 12.6. The van der Waals surface area contributed by atoms with E-state index < -0.39 is 10.0 Å². The minimum absolute atomic E-state index is 0.145. The molecule has 1 heterocycles. The predicted octanol–water partition coefficient (Wildman–Crippen LogP) is 2.99. The third-order valence-electron chi connectivity index (χ3n) is 3.32. The lowest BCUT2D eigenvalue weighted by Gasteiger charge is -2.05. The fourth-order valence-corrected chi connectivity index (χ4v) is 3.24. The summed E-state index contributed by atoms with van der Waals surface area (Å²) in [5.41, 5.74) is 1.86. The molecule has 3 rings (SSSR count). The summed E-state index contributed by atoms with van der Waals surface area (Å²) in [6.07, 6.45) is 1.58. The van der Waals surface area contributed by atoms with Crippen LogP contribution in [0.5, 0.6) is 0 Å². The van der Waals surface area contributed by atoms with Gasteiger partial charge in [0.15, 0.2) is 0 Å². The Morgan fingerprint density at radius 1 is 1.05 bits per heavy atom. The molecule has 0 radical (unpaired) electrons. The maximum absolute atomic E-state index is 11.7.